The molecule has 1 aliphatic heterocycles. The Hall–Kier alpha value is -2.68. The van der Waals surface area contributed by atoms with Crippen molar-refractivity contribution in [3.63, 3.8) is 0 Å². The molecule has 0 bridgehead atoms. The predicted octanol–water partition coefficient (Wildman–Crippen LogP) is 4.22. The van der Waals surface area contributed by atoms with E-state index in [1.807, 2.05) is 6.07 Å². The smallest absolute Gasteiger partial charge is 0.163 e. The third-order valence-corrected chi connectivity index (χ3v) is 4.99. The van der Waals surface area contributed by atoms with Crippen LogP contribution in [-0.4, -0.2) is 23.1 Å². The Morgan fingerprint density at radius 3 is 2.92 bits per heavy atom. The summed E-state index contributed by atoms with van der Waals surface area (Å²) in [6, 6.07) is 9.26. The summed E-state index contributed by atoms with van der Waals surface area (Å²) >= 11 is 5.95. The molecule has 0 spiro atoms. The minimum atomic E-state index is -0.567. The minimum Gasteiger partial charge on any atom is -0.337 e. The third-order valence-electron chi connectivity index (χ3n) is 4.68. The summed E-state index contributed by atoms with van der Waals surface area (Å²) in [4.78, 5) is 8.61. The molecule has 2 aromatic carbocycles. The topological polar surface area (TPSA) is 49.8 Å². The highest BCUT2D eigenvalue weighted by molar-refractivity contribution is 6.31. The summed E-state index contributed by atoms with van der Waals surface area (Å²) in [6.07, 6.45) is 7.91. The van der Waals surface area contributed by atoms with Crippen LogP contribution >= 0.6 is 11.6 Å². The summed E-state index contributed by atoms with van der Waals surface area (Å²) in [5.74, 6) is 2.72. The van der Waals surface area contributed by atoms with Gasteiger partial charge in [0.25, 0.3) is 0 Å². The molecule has 1 aromatic heterocycles. The van der Waals surface area contributed by atoms with Crippen molar-refractivity contribution in [1.82, 2.24) is 15.3 Å². The molecule has 26 heavy (non-hydrogen) atoms. The van der Waals surface area contributed by atoms with E-state index >= 15 is 0 Å². The number of anilines is 2. The fourth-order valence-electron chi connectivity index (χ4n) is 3.28. The maximum Gasteiger partial charge on any atom is 0.163 e. The fourth-order valence-corrected chi connectivity index (χ4v) is 3.48. The normalized spacial score (nSPS) is 16.6. The summed E-state index contributed by atoms with van der Waals surface area (Å²) in [6.45, 7) is 1.98. The van der Waals surface area contributed by atoms with E-state index < -0.39 is 5.82 Å². The van der Waals surface area contributed by atoms with Crippen molar-refractivity contribution in [3.05, 3.63) is 58.6 Å². The molecule has 0 unspecified atom stereocenters. The molecule has 1 atom stereocenters. The lowest BCUT2D eigenvalue weighted by atomic mass is 9.97. The lowest BCUT2D eigenvalue weighted by Gasteiger charge is -2.13. The fraction of sp³-hybridized carbons (Fsp3) is 0.200. The summed E-state index contributed by atoms with van der Waals surface area (Å²) < 4.78 is 14.6. The number of rotatable bonds is 3. The predicted molar refractivity (Wildman–Crippen MR) is 102 cm³/mol. The maximum atomic E-state index is 14.6. The summed E-state index contributed by atoms with van der Waals surface area (Å²) in [5.41, 5.74) is 2.29. The molecule has 1 fully saturated rings. The van der Waals surface area contributed by atoms with Gasteiger partial charge in [0, 0.05) is 11.9 Å². The monoisotopic (exact) mass is 366 g/mol. The van der Waals surface area contributed by atoms with Gasteiger partial charge in [-0.15, -0.1) is 6.42 Å². The SMILES string of the molecule is C#Cc1c(Cl)ccc(Nc2ncnc3ccc([C@H]4CCNC4)cc23)c1F. The molecule has 0 saturated carbocycles. The van der Waals surface area contributed by atoms with Crippen LogP contribution in [0.2, 0.25) is 5.02 Å². The molecule has 1 saturated heterocycles. The zero-order valence-corrected chi connectivity index (χ0v) is 14.6. The molecule has 1 aliphatic rings. The number of aromatic nitrogens is 2. The van der Waals surface area contributed by atoms with Gasteiger partial charge in [0.1, 0.15) is 12.1 Å². The third kappa shape index (κ3) is 2.98. The lowest BCUT2D eigenvalue weighted by Crippen LogP contribution is -2.08. The highest BCUT2D eigenvalue weighted by atomic mass is 35.5. The molecule has 0 radical (unpaired) electrons. The van der Waals surface area contributed by atoms with Gasteiger partial charge in [-0.05, 0) is 48.7 Å². The second-order valence-electron chi connectivity index (χ2n) is 6.24. The lowest BCUT2D eigenvalue weighted by molar-refractivity contribution is 0.628. The number of nitrogens with zero attached hydrogens (tertiary/aromatic N) is 2. The largest absolute Gasteiger partial charge is 0.337 e. The Balaban J connectivity index is 1.77. The number of terminal acetylenes is 1. The van der Waals surface area contributed by atoms with E-state index in [2.05, 4.69) is 38.7 Å². The maximum absolute atomic E-state index is 14.6. The Bertz CT molecular complexity index is 1020. The van der Waals surface area contributed by atoms with E-state index in [1.165, 1.54) is 11.9 Å². The van der Waals surface area contributed by atoms with Crippen molar-refractivity contribution in [3.8, 4) is 12.3 Å². The van der Waals surface area contributed by atoms with E-state index in [4.69, 9.17) is 18.0 Å². The van der Waals surface area contributed by atoms with Gasteiger partial charge in [0.05, 0.1) is 21.8 Å². The molecule has 2 N–H and O–H groups in total. The van der Waals surface area contributed by atoms with Gasteiger partial charge in [-0.25, -0.2) is 14.4 Å². The van der Waals surface area contributed by atoms with Crippen LogP contribution < -0.4 is 10.6 Å². The van der Waals surface area contributed by atoms with E-state index in [9.17, 15) is 4.39 Å². The van der Waals surface area contributed by atoms with Gasteiger partial charge < -0.3 is 10.6 Å². The van der Waals surface area contributed by atoms with Crippen molar-refractivity contribution in [2.75, 3.05) is 18.4 Å². The van der Waals surface area contributed by atoms with Crippen molar-refractivity contribution < 1.29 is 4.39 Å². The number of fused-ring (bicyclic) bond motifs is 1. The van der Waals surface area contributed by atoms with E-state index in [-0.39, 0.29) is 16.3 Å². The molecular formula is C20H16ClFN4. The Morgan fingerprint density at radius 1 is 1.27 bits per heavy atom. The van der Waals surface area contributed by atoms with Crippen LogP contribution in [0.1, 0.15) is 23.5 Å². The molecule has 4 rings (SSSR count). The second-order valence-corrected chi connectivity index (χ2v) is 6.65. The molecule has 0 aliphatic carbocycles. The molecule has 130 valence electrons. The Morgan fingerprint density at radius 2 is 2.15 bits per heavy atom. The molecule has 0 amide bonds. The first-order valence-electron chi connectivity index (χ1n) is 8.34. The van der Waals surface area contributed by atoms with Crippen LogP contribution in [0.25, 0.3) is 10.9 Å². The highest BCUT2D eigenvalue weighted by Gasteiger charge is 2.18. The zero-order valence-electron chi connectivity index (χ0n) is 13.9. The van der Waals surface area contributed by atoms with Gasteiger partial charge in [-0.2, -0.15) is 0 Å². The number of nitrogens with one attached hydrogen (secondary N) is 2. The van der Waals surface area contributed by atoms with Crippen LogP contribution in [0, 0.1) is 18.2 Å². The number of halogens is 2. The highest BCUT2D eigenvalue weighted by Crippen LogP contribution is 2.31. The van der Waals surface area contributed by atoms with Crippen LogP contribution in [0.15, 0.2) is 36.7 Å². The van der Waals surface area contributed by atoms with Crippen molar-refractivity contribution in [2.45, 2.75) is 12.3 Å². The van der Waals surface area contributed by atoms with Gasteiger partial charge in [0.15, 0.2) is 5.82 Å². The summed E-state index contributed by atoms with van der Waals surface area (Å²) in [5, 5.41) is 7.46. The van der Waals surface area contributed by atoms with Gasteiger partial charge in [-0.3, -0.25) is 0 Å². The van der Waals surface area contributed by atoms with E-state index in [0.717, 1.165) is 30.4 Å². The van der Waals surface area contributed by atoms with Crippen LogP contribution in [0.5, 0.6) is 0 Å². The zero-order chi connectivity index (χ0) is 18.1. The van der Waals surface area contributed by atoms with Crippen molar-refractivity contribution in [2.24, 2.45) is 0 Å². The number of hydrogen-bond donors (Lipinski definition) is 2. The summed E-state index contributed by atoms with van der Waals surface area (Å²) in [7, 11) is 0. The Labute approximate surface area is 155 Å². The Kier molecular flexibility index (Phi) is 4.46. The average Bonchev–Trinajstić information content (AvgIpc) is 3.19. The quantitative estimate of drug-likeness (QED) is 0.681. The van der Waals surface area contributed by atoms with Crippen molar-refractivity contribution in [1.29, 1.82) is 0 Å². The second kappa shape index (κ2) is 6.91. The molecule has 6 heteroatoms. The standard InChI is InChI=1S/C20H16ClFN4/c1-2-14-16(21)4-6-18(19(14)22)26-20-15-9-12(13-7-8-23-10-13)3-5-17(15)24-11-25-20/h1,3-6,9,11,13,23H,7-8,10H2,(H,24,25,26)/t13-/m0/s1. The number of benzene rings is 2. The minimum absolute atomic E-state index is 0.0350. The van der Waals surface area contributed by atoms with Gasteiger partial charge in [0.2, 0.25) is 0 Å². The van der Waals surface area contributed by atoms with E-state index in [1.54, 1.807) is 12.1 Å². The first-order valence-corrected chi connectivity index (χ1v) is 8.72. The molecular weight excluding hydrogens is 351 g/mol. The van der Waals surface area contributed by atoms with Gasteiger partial charge >= 0.3 is 0 Å². The molecule has 3 aromatic rings. The first kappa shape index (κ1) is 16.8. The molecule has 2 heterocycles. The van der Waals surface area contributed by atoms with E-state index in [0.29, 0.717) is 11.7 Å². The molecule has 4 nitrogen and oxygen atoms in total. The number of hydrogen-bond acceptors (Lipinski definition) is 4. The van der Waals surface area contributed by atoms with Crippen LogP contribution in [0.3, 0.4) is 0 Å². The van der Waals surface area contributed by atoms with Crippen LogP contribution in [-0.2, 0) is 0 Å². The van der Waals surface area contributed by atoms with Crippen LogP contribution in [0.4, 0.5) is 15.9 Å². The average molecular weight is 367 g/mol. The first-order chi connectivity index (χ1) is 12.7. The van der Waals surface area contributed by atoms with Gasteiger partial charge in [-0.1, -0.05) is 23.6 Å². The van der Waals surface area contributed by atoms with Crippen molar-refractivity contribution >= 4 is 34.0 Å².